The van der Waals surface area contributed by atoms with Gasteiger partial charge in [0, 0.05) is 13.2 Å². The van der Waals surface area contributed by atoms with Crippen LogP contribution in [0.15, 0.2) is 0 Å². The second-order valence-corrected chi connectivity index (χ2v) is 5.67. The van der Waals surface area contributed by atoms with E-state index >= 15 is 0 Å². The molecule has 3 N–H and O–H groups in total. The third-order valence-corrected chi connectivity index (χ3v) is 2.69. The van der Waals surface area contributed by atoms with Crippen LogP contribution < -0.4 is 5.32 Å². The normalized spacial score (nSPS) is 14.6. The molecule has 0 heterocycles. The molecule has 0 aliphatic carbocycles. The zero-order valence-electron chi connectivity index (χ0n) is 12.1. The van der Waals surface area contributed by atoms with Gasteiger partial charge in [-0.1, -0.05) is 6.92 Å². The highest BCUT2D eigenvalue weighted by Crippen LogP contribution is 2.17. The maximum atomic E-state index is 11.5. The molecule has 2 atom stereocenters. The molecule has 0 rings (SSSR count). The zero-order valence-corrected chi connectivity index (χ0v) is 12.1. The summed E-state index contributed by atoms with van der Waals surface area (Å²) in [5.41, 5.74) is -0.606. The van der Waals surface area contributed by atoms with Crippen LogP contribution in [0, 0.1) is 11.8 Å². The number of carboxylic acid groups (broad SMARTS) is 1. The first kappa shape index (κ1) is 17.7. The second-order valence-electron chi connectivity index (χ2n) is 5.67. The van der Waals surface area contributed by atoms with Gasteiger partial charge in [-0.15, -0.1) is 0 Å². The number of carboxylic acids is 1. The molecule has 0 aliphatic rings. The summed E-state index contributed by atoms with van der Waals surface area (Å²) in [7, 11) is 0. The highest BCUT2D eigenvalue weighted by atomic mass is 16.6. The summed E-state index contributed by atoms with van der Waals surface area (Å²) in [4.78, 5) is 22.6. The van der Waals surface area contributed by atoms with Gasteiger partial charge < -0.3 is 20.3 Å². The molecule has 0 unspecified atom stereocenters. The Balaban J connectivity index is 4.29. The smallest absolute Gasteiger partial charge is 0.407 e. The molecule has 0 spiro atoms. The van der Waals surface area contributed by atoms with Gasteiger partial charge in [0.05, 0.1) is 5.92 Å². The molecule has 6 heteroatoms. The summed E-state index contributed by atoms with van der Waals surface area (Å²) in [5, 5.41) is 20.4. The van der Waals surface area contributed by atoms with Gasteiger partial charge >= 0.3 is 12.1 Å². The molecule has 0 aromatic carbocycles. The molecule has 0 aromatic heterocycles. The van der Waals surface area contributed by atoms with Gasteiger partial charge in [0.2, 0.25) is 0 Å². The fourth-order valence-electron chi connectivity index (χ4n) is 1.65. The summed E-state index contributed by atoms with van der Waals surface area (Å²) in [6.07, 6.45) is 0.536. The van der Waals surface area contributed by atoms with Gasteiger partial charge in [0.15, 0.2) is 0 Å². The van der Waals surface area contributed by atoms with E-state index in [-0.39, 0.29) is 19.1 Å². The molecule has 19 heavy (non-hydrogen) atoms. The maximum absolute atomic E-state index is 11.5. The first-order valence-corrected chi connectivity index (χ1v) is 6.48. The molecule has 0 radical (unpaired) electrons. The summed E-state index contributed by atoms with van der Waals surface area (Å²) in [5.74, 6) is -1.76. The third-order valence-electron chi connectivity index (χ3n) is 2.69. The van der Waals surface area contributed by atoms with E-state index in [0.29, 0.717) is 12.8 Å². The van der Waals surface area contributed by atoms with E-state index in [4.69, 9.17) is 14.9 Å². The van der Waals surface area contributed by atoms with E-state index in [1.165, 1.54) is 0 Å². The lowest BCUT2D eigenvalue weighted by molar-refractivity contribution is -0.143. The number of aliphatic hydroxyl groups is 1. The fraction of sp³-hybridized carbons (Fsp3) is 0.846. The Morgan fingerprint density at radius 1 is 1.32 bits per heavy atom. The Morgan fingerprint density at radius 3 is 2.32 bits per heavy atom. The maximum Gasteiger partial charge on any atom is 0.407 e. The topological polar surface area (TPSA) is 95.9 Å². The highest BCUT2D eigenvalue weighted by molar-refractivity contribution is 5.72. The van der Waals surface area contributed by atoms with Crippen LogP contribution in [0.5, 0.6) is 0 Å². The van der Waals surface area contributed by atoms with Crippen LogP contribution in [0.2, 0.25) is 0 Å². The van der Waals surface area contributed by atoms with Crippen molar-refractivity contribution in [2.24, 2.45) is 11.8 Å². The van der Waals surface area contributed by atoms with Gasteiger partial charge in [-0.05, 0) is 39.5 Å². The van der Waals surface area contributed by atoms with E-state index in [2.05, 4.69) is 5.32 Å². The number of carbonyl (C=O) groups excluding carboxylic acids is 1. The van der Waals surface area contributed by atoms with Gasteiger partial charge in [-0.3, -0.25) is 4.79 Å². The minimum absolute atomic E-state index is 0.0246. The lowest BCUT2D eigenvalue weighted by Gasteiger charge is -2.23. The van der Waals surface area contributed by atoms with Crippen LogP contribution in [0.4, 0.5) is 4.79 Å². The Morgan fingerprint density at radius 2 is 1.89 bits per heavy atom. The minimum Gasteiger partial charge on any atom is -0.481 e. The molecule has 0 bridgehead atoms. The van der Waals surface area contributed by atoms with Gasteiger partial charge in [-0.25, -0.2) is 4.79 Å². The summed E-state index contributed by atoms with van der Waals surface area (Å²) >= 11 is 0. The van der Waals surface area contributed by atoms with Crippen molar-refractivity contribution in [1.82, 2.24) is 5.32 Å². The Labute approximate surface area is 114 Å². The number of aliphatic carboxylic acids is 1. The van der Waals surface area contributed by atoms with Crippen molar-refractivity contribution in [2.75, 3.05) is 13.2 Å². The molecule has 0 fully saturated rings. The number of hydrogen-bond donors (Lipinski definition) is 3. The van der Waals surface area contributed by atoms with Crippen molar-refractivity contribution < 1.29 is 24.5 Å². The molecular weight excluding hydrogens is 250 g/mol. The summed E-state index contributed by atoms with van der Waals surface area (Å²) in [6, 6.07) is 0. The number of aliphatic hydroxyl groups excluding tert-OH is 1. The lowest BCUT2D eigenvalue weighted by atomic mass is 9.90. The van der Waals surface area contributed by atoms with Crippen LogP contribution in [0.3, 0.4) is 0 Å². The van der Waals surface area contributed by atoms with E-state index in [1.807, 2.05) is 0 Å². The summed E-state index contributed by atoms with van der Waals surface area (Å²) in [6.45, 7) is 7.08. The number of amides is 1. The SMILES string of the molecule is C[C@H](CCCO)[C@@H](CNC(=O)OC(C)(C)C)C(=O)O. The van der Waals surface area contributed by atoms with E-state index in [9.17, 15) is 9.59 Å². The molecular formula is C13H25NO5. The third kappa shape index (κ3) is 8.42. The average molecular weight is 275 g/mol. The standard InChI is InChI=1S/C13H25NO5/c1-9(6-5-7-15)10(11(16)17)8-14-12(18)19-13(2,3)4/h9-10,15H,5-8H2,1-4H3,(H,14,18)(H,16,17)/t9-,10-/m1/s1. The minimum atomic E-state index is -0.957. The van der Waals surface area contributed by atoms with Crippen molar-refractivity contribution in [1.29, 1.82) is 0 Å². The van der Waals surface area contributed by atoms with Crippen LogP contribution in [-0.4, -0.2) is 41.0 Å². The molecule has 6 nitrogen and oxygen atoms in total. The van der Waals surface area contributed by atoms with Crippen molar-refractivity contribution in [2.45, 2.75) is 46.1 Å². The van der Waals surface area contributed by atoms with Crippen molar-refractivity contribution >= 4 is 12.1 Å². The van der Waals surface area contributed by atoms with Crippen LogP contribution in [0.1, 0.15) is 40.5 Å². The number of rotatable bonds is 7. The number of nitrogens with one attached hydrogen (secondary N) is 1. The van der Waals surface area contributed by atoms with Crippen molar-refractivity contribution in [3.63, 3.8) is 0 Å². The Hall–Kier alpha value is -1.30. The fourth-order valence-corrected chi connectivity index (χ4v) is 1.65. The largest absolute Gasteiger partial charge is 0.481 e. The van der Waals surface area contributed by atoms with E-state index in [1.54, 1.807) is 27.7 Å². The molecule has 0 aliphatic heterocycles. The Bertz CT molecular complexity index is 298. The van der Waals surface area contributed by atoms with Crippen molar-refractivity contribution in [3.8, 4) is 0 Å². The molecule has 112 valence electrons. The highest BCUT2D eigenvalue weighted by Gasteiger charge is 2.26. The predicted molar refractivity (Wildman–Crippen MR) is 70.8 cm³/mol. The molecule has 0 saturated carbocycles. The predicted octanol–water partition coefficient (Wildman–Crippen LogP) is 1.62. The van der Waals surface area contributed by atoms with Crippen LogP contribution in [0.25, 0.3) is 0 Å². The first-order chi connectivity index (χ1) is 8.67. The molecule has 1 amide bonds. The monoisotopic (exact) mass is 275 g/mol. The van der Waals surface area contributed by atoms with Crippen LogP contribution >= 0.6 is 0 Å². The number of alkyl carbamates (subject to hydrolysis) is 1. The van der Waals surface area contributed by atoms with Gasteiger partial charge in [0.25, 0.3) is 0 Å². The van der Waals surface area contributed by atoms with E-state index < -0.39 is 23.6 Å². The number of ether oxygens (including phenoxy) is 1. The van der Waals surface area contributed by atoms with E-state index in [0.717, 1.165) is 0 Å². The Kier molecular flexibility index (Phi) is 7.44. The zero-order chi connectivity index (χ0) is 15.1. The van der Waals surface area contributed by atoms with Gasteiger partial charge in [0.1, 0.15) is 5.60 Å². The second kappa shape index (κ2) is 7.99. The quantitative estimate of drug-likeness (QED) is 0.656. The molecule has 0 aromatic rings. The summed E-state index contributed by atoms with van der Waals surface area (Å²) < 4.78 is 5.05. The average Bonchev–Trinajstić information content (AvgIpc) is 2.23. The van der Waals surface area contributed by atoms with Crippen molar-refractivity contribution in [3.05, 3.63) is 0 Å². The first-order valence-electron chi connectivity index (χ1n) is 6.48. The van der Waals surface area contributed by atoms with Crippen LogP contribution in [-0.2, 0) is 9.53 Å². The number of hydrogen-bond acceptors (Lipinski definition) is 4. The van der Waals surface area contributed by atoms with Gasteiger partial charge in [-0.2, -0.15) is 0 Å². The number of carbonyl (C=O) groups is 2. The molecule has 0 saturated heterocycles. The lowest BCUT2D eigenvalue weighted by Crippen LogP contribution is -2.39.